The maximum atomic E-state index is 13.7. The fraction of sp³-hybridized carbons (Fsp3) is 0.0625. The van der Waals surface area contributed by atoms with Gasteiger partial charge in [0.05, 0.1) is 16.8 Å². The zero-order valence-electron chi connectivity index (χ0n) is 11.7. The number of carbonyl (C=O) groups excluding carboxylic acids is 1. The van der Waals surface area contributed by atoms with Gasteiger partial charge in [-0.3, -0.25) is 4.79 Å². The third-order valence-corrected chi connectivity index (χ3v) is 4.76. The van der Waals surface area contributed by atoms with Gasteiger partial charge in [-0.25, -0.2) is 4.39 Å². The van der Waals surface area contributed by atoms with Gasteiger partial charge >= 0.3 is 6.18 Å². The van der Waals surface area contributed by atoms with Crippen LogP contribution < -0.4 is 5.32 Å². The summed E-state index contributed by atoms with van der Waals surface area (Å²) in [6, 6.07) is 7.17. The van der Waals surface area contributed by atoms with Crippen LogP contribution in [0.15, 0.2) is 46.3 Å². The number of fused-ring (bicyclic) bond motifs is 1. The molecule has 1 heterocycles. The monoisotopic (exact) mass is 417 g/mol. The summed E-state index contributed by atoms with van der Waals surface area (Å²) in [7, 11) is 0. The first-order chi connectivity index (χ1) is 11.3. The van der Waals surface area contributed by atoms with Crippen LogP contribution in [0, 0.1) is 5.82 Å². The molecule has 0 aliphatic rings. The van der Waals surface area contributed by atoms with Gasteiger partial charge in [-0.15, -0.1) is 11.3 Å². The van der Waals surface area contributed by atoms with E-state index in [-0.39, 0.29) is 5.56 Å². The van der Waals surface area contributed by atoms with Crippen molar-refractivity contribution in [1.82, 2.24) is 0 Å². The average molecular weight is 418 g/mol. The number of hydrogen-bond donors (Lipinski definition) is 1. The Morgan fingerprint density at radius 3 is 2.58 bits per heavy atom. The Balaban J connectivity index is 1.94. The van der Waals surface area contributed by atoms with Gasteiger partial charge in [-0.2, -0.15) is 13.2 Å². The molecule has 8 heteroatoms. The van der Waals surface area contributed by atoms with E-state index >= 15 is 0 Å². The van der Waals surface area contributed by atoms with Crippen molar-refractivity contribution in [3.63, 3.8) is 0 Å². The van der Waals surface area contributed by atoms with Crippen molar-refractivity contribution in [1.29, 1.82) is 0 Å². The van der Waals surface area contributed by atoms with Crippen molar-refractivity contribution in [3.8, 4) is 0 Å². The molecule has 3 rings (SSSR count). The van der Waals surface area contributed by atoms with Crippen molar-refractivity contribution in [2.75, 3.05) is 5.32 Å². The summed E-state index contributed by atoms with van der Waals surface area (Å²) in [5, 5.41) is 4.44. The standard InChI is InChI=1S/C16H8BrF4NOS/c17-9-2-3-10-11(7-24-14(10)6-9)15(23)22-13-5-8(16(19,20)21)1-4-12(13)18/h1-7H,(H,22,23). The molecule has 2 aromatic carbocycles. The van der Waals surface area contributed by atoms with E-state index in [0.29, 0.717) is 23.6 Å². The molecule has 0 radical (unpaired) electrons. The Labute approximate surface area is 146 Å². The zero-order valence-corrected chi connectivity index (χ0v) is 14.2. The van der Waals surface area contributed by atoms with Crippen LogP contribution in [0.25, 0.3) is 10.1 Å². The molecule has 0 saturated carbocycles. The van der Waals surface area contributed by atoms with Gasteiger partial charge in [0.15, 0.2) is 0 Å². The molecule has 0 unspecified atom stereocenters. The fourth-order valence-electron chi connectivity index (χ4n) is 2.16. The highest BCUT2D eigenvalue weighted by Crippen LogP contribution is 2.33. The van der Waals surface area contributed by atoms with Gasteiger partial charge in [-0.05, 0) is 30.3 Å². The highest BCUT2D eigenvalue weighted by atomic mass is 79.9. The number of carbonyl (C=O) groups is 1. The van der Waals surface area contributed by atoms with Gasteiger partial charge < -0.3 is 5.32 Å². The number of rotatable bonds is 2. The second-order valence-electron chi connectivity index (χ2n) is 4.94. The maximum Gasteiger partial charge on any atom is 0.416 e. The van der Waals surface area contributed by atoms with E-state index in [1.165, 1.54) is 11.3 Å². The first-order valence-corrected chi connectivity index (χ1v) is 8.28. The van der Waals surface area contributed by atoms with E-state index < -0.39 is 29.2 Å². The lowest BCUT2D eigenvalue weighted by Crippen LogP contribution is -2.14. The van der Waals surface area contributed by atoms with Gasteiger partial charge in [-0.1, -0.05) is 22.0 Å². The Morgan fingerprint density at radius 1 is 1.12 bits per heavy atom. The minimum absolute atomic E-state index is 0.277. The smallest absolute Gasteiger partial charge is 0.319 e. The number of thiophene rings is 1. The van der Waals surface area contributed by atoms with E-state index in [9.17, 15) is 22.4 Å². The van der Waals surface area contributed by atoms with Crippen molar-refractivity contribution >= 4 is 48.9 Å². The molecule has 3 aromatic rings. The molecular weight excluding hydrogens is 410 g/mol. The van der Waals surface area contributed by atoms with Crippen LogP contribution in [0.1, 0.15) is 15.9 Å². The zero-order chi connectivity index (χ0) is 17.5. The minimum atomic E-state index is -4.62. The highest BCUT2D eigenvalue weighted by Gasteiger charge is 2.31. The van der Waals surface area contributed by atoms with Crippen molar-refractivity contribution in [2.24, 2.45) is 0 Å². The van der Waals surface area contributed by atoms with E-state index in [1.807, 2.05) is 6.07 Å². The van der Waals surface area contributed by atoms with E-state index in [2.05, 4.69) is 21.2 Å². The predicted octanol–water partition coefficient (Wildman–Crippen LogP) is 6.07. The van der Waals surface area contributed by atoms with Crippen LogP contribution >= 0.6 is 27.3 Å². The molecule has 0 fully saturated rings. The van der Waals surface area contributed by atoms with Crippen LogP contribution in [-0.4, -0.2) is 5.91 Å². The van der Waals surface area contributed by atoms with Crippen molar-refractivity contribution in [2.45, 2.75) is 6.18 Å². The fourth-order valence-corrected chi connectivity index (χ4v) is 3.66. The molecular formula is C16H8BrF4NOS. The number of amides is 1. The SMILES string of the molecule is O=C(Nc1cc(C(F)(F)F)ccc1F)c1csc2cc(Br)ccc12. The third-order valence-electron chi connectivity index (χ3n) is 3.32. The summed E-state index contributed by atoms with van der Waals surface area (Å²) in [6.45, 7) is 0. The minimum Gasteiger partial charge on any atom is -0.319 e. The topological polar surface area (TPSA) is 29.1 Å². The molecule has 0 saturated heterocycles. The molecule has 0 aliphatic carbocycles. The number of hydrogen-bond acceptors (Lipinski definition) is 2. The van der Waals surface area contributed by atoms with Gasteiger partial charge in [0.2, 0.25) is 0 Å². The Hall–Kier alpha value is -1.93. The maximum absolute atomic E-state index is 13.7. The Bertz CT molecular complexity index is 935. The van der Waals surface area contributed by atoms with Gasteiger partial charge in [0, 0.05) is 19.9 Å². The second-order valence-corrected chi connectivity index (χ2v) is 6.76. The molecule has 0 atom stereocenters. The van der Waals surface area contributed by atoms with E-state index in [1.54, 1.807) is 17.5 Å². The number of halogens is 5. The first-order valence-electron chi connectivity index (χ1n) is 6.60. The second kappa shape index (κ2) is 6.18. The summed E-state index contributed by atoms with van der Waals surface area (Å²) < 4.78 is 53.6. The number of benzene rings is 2. The van der Waals surface area contributed by atoms with E-state index in [4.69, 9.17) is 0 Å². The van der Waals surface area contributed by atoms with Gasteiger partial charge in [0.25, 0.3) is 5.91 Å². The van der Waals surface area contributed by atoms with Crippen LogP contribution in [-0.2, 0) is 6.18 Å². The number of alkyl halides is 3. The molecule has 0 bridgehead atoms. The molecule has 0 spiro atoms. The summed E-state index contributed by atoms with van der Waals surface area (Å²) in [6.07, 6.45) is -4.62. The van der Waals surface area contributed by atoms with Crippen molar-refractivity contribution in [3.05, 3.63) is 63.2 Å². The quantitative estimate of drug-likeness (QED) is 0.503. The average Bonchev–Trinajstić information content (AvgIpc) is 2.91. The molecule has 124 valence electrons. The summed E-state index contributed by atoms with van der Waals surface area (Å²) in [5.74, 6) is -1.60. The molecule has 1 aromatic heterocycles. The summed E-state index contributed by atoms with van der Waals surface area (Å²) in [5.41, 5.74) is -1.26. The predicted molar refractivity (Wildman–Crippen MR) is 88.9 cm³/mol. The lowest BCUT2D eigenvalue weighted by molar-refractivity contribution is -0.137. The lowest BCUT2D eigenvalue weighted by atomic mass is 10.1. The van der Waals surface area contributed by atoms with Crippen LogP contribution in [0.3, 0.4) is 0 Å². The number of nitrogens with one attached hydrogen (secondary N) is 1. The highest BCUT2D eigenvalue weighted by molar-refractivity contribution is 9.10. The summed E-state index contributed by atoms with van der Waals surface area (Å²) in [4.78, 5) is 12.3. The summed E-state index contributed by atoms with van der Waals surface area (Å²) >= 11 is 4.63. The van der Waals surface area contributed by atoms with Crippen LogP contribution in [0.2, 0.25) is 0 Å². The molecule has 1 N–H and O–H groups in total. The largest absolute Gasteiger partial charge is 0.416 e. The molecule has 24 heavy (non-hydrogen) atoms. The number of anilines is 1. The Morgan fingerprint density at radius 2 is 1.88 bits per heavy atom. The lowest BCUT2D eigenvalue weighted by Gasteiger charge is -2.10. The first kappa shape index (κ1) is 16.9. The van der Waals surface area contributed by atoms with Crippen LogP contribution in [0.4, 0.5) is 23.2 Å². The van der Waals surface area contributed by atoms with Gasteiger partial charge in [0.1, 0.15) is 5.82 Å². The van der Waals surface area contributed by atoms with Crippen molar-refractivity contribution < 1.29 is 22.4 Å². The molecule has 1 amide bonds. The van der Waals surface area contributed by atoms with Crippen LogP contribution in [0.5, 0.6) is 0 Å². The molecule has 0 aliphatic heterocycles. The normalized spacial score (nSPS) is 11.7. The Kier molecular flexibility index (Phi) is 4.35. The van der Waals surface area contributed by atoms with E-state index in [0.717, 1.165) is 9.17 Å². The molecule has 2 nitrogen and oxygen atoms in total. The third kappa shape index (κ3) is 3.29.